The van der Waals surface area contributed by atoms with Crippen molar-refractivity contribution in [2.24, 2.45) is 0 Å². The van der Waals surface area contributed by atoms with Gasteiger partial charge in [0.25, 0.3) is 11.8 Å². The summed E-state index contributed by atoms with van der Waals surface area (Å²) in [5, 5.41) is 10.6. The Morgan fingerprint density at radius 1 is 1.37 bits per heavy atom. The second-order valence-corrected chi connectivity index (χ2v) is 4.90. The van der Waals surface area contributed by atoms with Crippen LogP contribution in [0, 0.1) is 11.8 Å². The third-order valence-electron chi connectivity index (χ3n) is 2.56. The van der Waals surface area contributed by atoms with E-state index in [2.05, 4.69) is 11.8 Å². The van der Waals surface area contributed by atoms with E-state index in [4.69, 9.17) is 9.84 Å². The normalized spacial score (nSPS) is 15.3. The van der Waals surface area contributed by atoms with Crippen LogP contribution >= 0.6 is 11.3 Å². The van der Waals surface area contributed by atoms with E-state index in [9.17, 15) is 9.59 Å². The van der Waals surface area contributed by atoms with E-state index in [1.807, 2.05) is 11.4 Å². The number of ether oxygens (including phenoxy) is 1. The van der Waals surface area contributed by atoms with Crippen LogP contribution in [-0.2, 0) is 20.9 Å². The lowest BCUT2D eigenvalue weighted by Gasteiger charge is -2.24. The zero-order valence-electron chi connectivity index (χ0n) is 10.2. The zero-order valence-corrected chi connectivity index (χ0v) is 11.0. The van der Waals surface area contributed by atoms with E-state index < -0.39 is 0 Å². The van der Waals surface area contributed by atoms with Crippen molar-refractivity contribution < 1.29 is 19.4 Å². The molecule has 0 saturated carbocycles. The minimum Gasteiger partial charge on any atom is -0.395 e. The summed E-state index contributed by atoms with van der Waals surface area (Å²) >= 11 is 1.45. The van der Waals surface area contributed by atoms with Crippen molar-refractivity contribution in [2.75, 3.05) is 19.8 Å². The summed E-state index contributed by atoms with van der Waals surface area (Å²) in [5.74, 6) is 5.12. The number of thiophene rings is 1. The first-order valence-electron chi connectivity index (χ1n) is 5.79. The van der Waals surface area contributed by atoms with Crippen LogP contribution in [0.1, 0.15) is 16.9 Å². The molecular formula is C13H13NO4S. The molecule has 1 aliphatic heterocycles. The maximum atomic E-state index is 11.6. The summed E-state index contributed by atoms with van der Waals surface area (Å²) in [7, 11) is 0. The van der Waals surface area contributed by atoms with Crippen LogP contribution in [0.2, 0.25) is 0 Å². The molecule has 0 atom stereocenters. The lowest BCUT2D eigenvalue weighted by Crippen LogP contribution is -2.45. The Hall–Kier alpha value is -1.68. The highest BCUT2D eigenvalue weighted by Crippen LogP contribution is 2.19. The third kappa shape index (κ3) is 3.41. The van der Waals surface area contributed by atoms with Crippen LogP contribution in [0.5, 0.6) is 0 Å². The largest absolute Gasteiger partial charge is 0.395 e. The number of amides is 2. The first-order valence-corrected chi connectivity index (χ1v) is 6.67. The van der Waals surface area contributed by atoms with Crippen LogP contribution in [-0.4, -0.2) is 41.6 Å². The number of carbonyl (C=O) groups is 2. The van der Waals surface area contributed by atoms with E-state index in [1.54, 1.807) is 0 Å². The Bertz CT molecular complexity index is 524. The van der Waals surface area contributed by atoms with E-state index >= 15 is 0 Å². The molecule has 2 heterocycles. The molecule has 2 rings (SSSR count). The van der Waals surface area contributed by atoms with Crippen LogP contribution in [0.25, 0.3) is 0 Å². The van der Waals surface area contributed by atoms with Crippen LogP contribution in [0.3, 0.4) is 0 Å². The average molecular weight is 279 g/mol. The molecule has 1 aromatic heterocycles. The van der Waals surface area contributed by atoms with Crippen molar-refractivity contribution in [1.82, 2.24) is 4.90 Å². The number of aliphatic hydroxyl groups excluding tert-OH is 1. The predicted molar refractivity (Wildman–Crippen MR) is 69.3 cm³/mol. The fourth-order valence-electron chi connectivity index (χ4n) is 1.63. The quantitative estimate of drug-likeness (QED) is 0.641. The van der Waals surface area contributed by atoms with Crippen molar-refractivity contribution in [3.05, 3.63) is 21.9 Å². The Morgan fingerprint density at radius 3 is 2.79 bits per heavy atom. The standard InChI is InChI=1S/C13H13NO4S/c15-5-2-1-3-10-4-6-19-11(10)7-14-12(16)8-18-9-13(14)17/h4,6,15H,2,5,7-9H2. The highest BCUT2D eigenvalue weighted by molar-refractivity contribution is 7.10. The Labute approximate surface area is 114 Å². The zero-order chi connectivity index (χ0) is 13.7. The van der Waals surface area contributed by atoms with Gasteiger partial charge in [0, 0.05) is 16.9 Å². The molecule has 0 radical (unpaired) electrons. The summed E-state index contributed by atoms with van der Waals surface area (Å²) in [6, 6.07) is 1.85. The van der Waals surface area contributed by atoms with Gasteiger partial charge in [-0.05, 0) is 11.4 Å². The number of hydrogen-bond acceptors (Lipinski definition) is 5. The average Bonchev–Trinajstić information content (AvgIpc) is 2.82. The van der Waals surface area contributed by atoms with Gasteiger partial charge in [0.1, 0.15) is 13.2 Å². The Morgan fingerprint density at radius 2 is 2.11 bits per heavy atom. The molecule has 0 aliphatic carbocycles. The SMILES string of the molecule is O=C1COCC(=O)N1Cc1sccc1C#CCCO. The molecule has 1 aliphatic rings. The first-order chi connectivity index (χ1) is 9.22. The molecule has 6 heteroatoms. The second kappa shape index (κ2) is 6.48. The number of aliphatic hydroxyl groups is 1. The van der Waals surface area contributed by atoms with E-state index in [-0.39, 0.29) is 38.2 Å². The molecular weight excluding hydrogens is 266 g/mol. The van der Waals surface area contributed by atoms with Gasteiger partial charge in [-0.15, -0.1) is 11.3 Å². The summed E-state index contributed by atoms with van der Waals surface area (Å²) in [5.41, 5.74) is 0.797. The number of hydrogen-bond donors (Lipinski definition) is 1. The lowest BCUT2D eigenvalue weighted by molar-refractivity contribution is -0.159. The smallest absolute Gasteiger partial charge is 0.255 e. The van der Waals surface area contributed by atoms with Crippen LogP contribution in [0.15, 0.2) is 11.4 Å². The van der Waals surface area contributed by atoms with Gasteiger partial charge in [-0.3, -0.25) is 14.5 Å². The van der Waals surface area contributed by atoms with Gasteiger partial charge in [0.2, 0.25) is 0 Å². The predicted octanol–water partition coefficient (Wildman–Crippen LogP) is 0.367. The second-order valence-electron chi connectivity index (χ2n) is 3.90. The molecule has 1 fully saturated rings. The van der Waals surface area contributed by atoms with Gasteiger partial charge < -0.3 is 9.84 Å². The van der Waals surface area contributed by atoms with E-state index in [0.29, 0.717) is 6.42 Å². The maximum absolute atomic E-state index is 11.6. The van der Waals surface area contributed by atoms with Gasteiger partial charge in [0.15, 0.2) is 0 Å². The molecule has 0 aromatic carbocycles. The molecule has 1 N–H and O–H groups in total. The van der Waals surface area contributed by atoms with Gasteiger partial charge in [-0.25, -0.2) is 0 Å². The number of rotatable bonds is 3. The molecule has 100 valence electrons. The van der Waals surface area contributed by atoms with Gasteiger partial charge in [-0.1, -0.05) is 11.8 Å². The Balaban J connectivity index is 2.11. The van der Waals surface area contributed by atoms with Crippen molar-refractivity contribution in [3.63, 3.8) is 0 Å². The molecule has 2 amide bonds. The minimum atomic E-state index is -0.320. The molecule has 0 unspecified atom stereocenters. The maximum Gasteiger partial charge on any atom is 0.255 e. The number of imide groups is 1. The van der Waals surface area contributed by atoms with Gasteiger partial charge in [0.05, 0.1) is 13.2 Å². The van der Waals surface area contributed by atoms with E-state index in [0.717, 1.165) is 10.4 Å². The highest BCUT2D eigenvalue weighted by Gasteiger charge is 2.27. The topological polar surface area (TPSA) is 66.8 Å². The fourth-order valence-corrected chi connectivity index (χ4v) is 2.45. The number of nitrogens with zero attached hydrogens (tertiary/aromatic N) is 1. The number of carbonyl (C=O) groups excluding carboxylic acids is 2. The minimum absolute atomic E-state index is 0.0207. The molecule has 1 aromatic rings. The third-order valence-corrected chi connectivity index (χ3v) is 3.47. The van der Waals surface area contributed by atoms with Crippen molar-refractivity contribution in [2.45, 2.75) is 13.0 Å². The van der Waals surface area contributed by atoms with Gasteiger partial charge >= 0.3 is 0 Å². The van der Waals surface area contributed by atoms with E-state index in [1.165, 1.54) is 16.2 Å². The lowest BCUT2D eigenvalue weighted by atomic mass is 10.2. The number of morpholine rings is 1. The summed E-state index contributed by atoms with van der Waals surface area (Å²) < 4.78 is 4.86. The monoisotopic (exact) mass is 279 g/mol. The summed E-state index contributed by atoms with van der Waals surface area (Å²) in [6.45, 7) is 0.153. The molecule has 0 spiro atoms. The van der Waals surface area contributed by atoms with Gasteiger partial charge in [-0.2, -0.15) is 0 Å². The summed E-state index contributed by atoms with van der Waals surface area (Å²) in [6.07, 6.45) is 0.407. The molecule has 5 nitrogen and oxygen atoms in total. The summed E-state index contributed by atoms with van der Waals surface area (Å²) in [4.78, 5) is 25.3. The van der Waals surface area contributed by atoms with Crippen LogP contribution < -0.4 is 0 Å². The van der Waals surface area contributed by atoms with Crippen molar-refractivity contribution in [1.29, 1.82) is 0 Å². The molecule has 19 heavy (non-hydrogen) atoms. The van der Waals surface area contributed by atoms with Crippen molar-refractivity contribution >= 4 is 23.2 Å². The highest BCUT2D eigenvalue weighted by atomic mass is 32.1. The molecule has 1 saturated heterocycles. The fraction of sp³-hybridized carbons (Fsp3) is 0.385. The van der Waals surface area contributed by atoms with Crippen molar-refractivity contribution in [3.8, 4) is 11.8 Å². The van der Waals surface area contributed by atoms with Crippen LogP contribution in [0.4, 0.5) is 0 Å². The molecule has 0 bridgehead atoms. The first kappa shape index (κ1) is 13.7. The Kier molecular flexibility index (Phi) is 4.68.